The fourth-order valence-electron chi connectivity index (χ4n) is 2.19. The van der Waals surface area contributed by atoms with Crippen LogP contribution in [0.25, 0.3) is 0 Å². The second-order valence-corrected chi connectivity index (χ2v) is 3.75. The molecule has 2 N–H and O–H groups in total. The maximum atomic E-state index is 5.54. The number of rotatable bonds is 3. The molecule has 2 rings (SSSR count). The summed E-state index contributed by atoms with van der Waals surface area (Å²) in [6.07, 6.45) is 9.27. The van der Waals surface area contributed by atoms with E-state index in [0.29, 0.717) is 12.5 Å². The average Bonchev–Trinajstić information content (AvgIpc) is 2.71. The Morgan fingerprint density at radius 3 is 2.92 bits per heavy atom. The second-order valence-electron chi connectivity index (χ2n) is 3.75. The van der Waals surface area contributed by atoms with Crippen molar-refractivity contribution >= 4 is 0 Å². The van der Waals surface area contributed by atoms with E-state index in [0.717, 1.165) is 6.54 Å². The van der Waals surface area contributed by atoms with E-state index in [1.165, 1.54) is 31.5 Å². The third kappa shape index (κ3) is 1.75. The zero-order chi connectivity index (χ0) is 9.10. The van der Waals surface area contributed by atoms with Gasteiger partial charge in [-0.15, -0.1) is 0 Å². The average molecular weight is 179 g/mol. The summed E-state index contributed by atoms with van der Waals surface area (Å²) in [6, 6.07) is 0. The first kappa shape index (κ1) is 8.75. The molecule has 0 atom stereocenters. The van der Waals surface area contributed by atoms with Crippen LogP contribution in [-0.4, -0.2) is 16.1 Å². The van der Waals surface area contributed by atoms with Crippen molar-refractivity contribution < 1.29 is 0 Å². The van der Waals surface area contributed by atoms with Crippen LogP contribution >= 0.6 is 0 Å². The standard InChI is InChI=1S/C10H17N3/c11-5-7-13-8-6-12-10(13)9-3-1-2-4-9/h6,8-9H,1-5,7,11H2. The quantitative estimate of drug-likeness (QED) is 0.764. The minimum Gasteiger partial charge on any atom is -0.333 e. The van der Waals surface area contributed by atoms with Gasteiger partial charge in [0.2, 0.25) is 0 Å². The molecule has 3 nitrogen and oxygen atoms in total. The molecule has 0 radical (unpaired) electrons. The number of nitrogens with zero attached hydrogens (tertiary/aromatic N) is 2. The minimum atomic E-state index is 0.696. The van der Waals surface area contributed by atoms with Crippen molar-refractivity contribution in [2.24, 2.45) is 5.73 Å². The Morgan fingerprint density at radius 2 is 2.23 bits per heavy atom. The highest BCUT2D eigenvalue weighted by Gasteiger charge is 2.20. The highest BCUT2D eigenvalue weighted by molar-refractivity contribution is 5.02. The molecule has 72 valence electrons. The lowest BCUT2D eigenvalue weighted by Crippen LogP contribution is -2.13. The SMILES string of the molecule is NCCn1ccnc1C1CCCC1. The third-order valence-electron chi connectivity index (χ3n) is 2.84. The predicted octanol–water partition coefficient (Wildman–Crippen LogP) is 1.50. The van der Waals surface area contributed by atoms with Crippen LogP contribution in [0.5, 0.6) is 0 Å². The van der Waals surface area contributed by atoms with E-state index >= 15 is 0 Å². The van der Waals surface area contributed by atoms with Crippen LogP contribution in [0.1, 0.15) is 37.4 Å². The highest BCUT2D eigenvalue weighted by Crippen LogP contribution is 2.32. The van der Waals surface area contributed by atoms with E-state index < -0.39 is 0 Å². The molecule has 0 aliphatic heterocycles. The number of aromatic nitrogens is 2. The number of hydrogen-bond acceptors (Lipinski definition) is 2. The van der Waals surface area contributed by atoms with Crippen molar-refractivity contribution in [3.63, 3.8) is 0 Å². The molecular weight excluding hydrogens is 162 g/mol. The summed E-state index contributed by atoms with van der Waals surface area (Å²) in [5.41, 5.74) is 5.54. The van der Waals surface area contributed by atoms with E-state index in [2.05, 4.69) is 9.55 Å². The molecule has 1 aromatic rings. The molecule has 3 heteroatoms. The van der Waals surface area contributed by atoms with Gasteiger partial charge in [-0.1, -0.05) is 12.8 Å². The van der Waals surface area contributed by atoms with Gasteiger partial charge < -0.3 is 10.3 Å². The molecule has 1 heterocycles. The Bertz CT molecular complexity index is 261. The Morgan fingerprint density at radius 1 is 1.46 bits per heavy atom. The summed E-state index contributed by atoms with van der Waals surface area (Å²) in [6.45, 7) is 1.61. The van der Waals surface area contributed by atoms with E-state index in [4.69, 9.17) is 5.73 Å². The lowest BCUT2D eigenvalue weighted by Gasteiger charge is -2.11. The van der Waals surface area contributed by atoms with E-state index in [1.807, 2.05) is 12.4 Å². The molecule has 0 unspecified atom stereocenters. The highest BCUT2D eigenvalue weighted by atomic mass is 15.1. The molecular formula is C10H17N3. The molecule has 1 saturated carbocycles. The third-order valence-corrected chi connectivity index (χ3v) is 2.84. The smallest absolute Gasteiger partial charge is 0.111 e. The van der Waals surface area contributed by atoms with Crippen LogP contribution in [0.3, 0.4) is 0 Å². The van der Waals surface area contributed by atoms with Gasteiger partial charge in [0.25, 0.3) is 0 Å². The van der Waals surface area contributed by atoms with Gasteiger partial charge >= 0.3 is 0 Å². The van der Waals surface area contributed by atoms with Crippen LogP contribution in [-0.2, 0) is 6.54 Å². The molecule has 0 spiro atoms. The lowest BCUT2D eigenvalue weighted by molar-refractivity contribution is 0.586. The molecule has 1 fully saturated rings. The van der Waals surface area contributed by atoms with Gasteiger partial charge in [0, 0.05) is 31.4 Å². The molecule has 0 bridgehead atoms. The summed E-state index contributed by atoms with van der Waals surface area (Å²) in [4.78, 5) is 4.42. The molecule has 1 aromatic heterocycles. The Hall–Kier alpha value is -0.830. The van der Waals surface area contributed by atoms with Gasteiger partial charge in [0.1, 0.15) is 5.82 Å². The maximum Gasteiger partial charge on any atom is 0.111 e. The molecule has 0 amide bonds. The number of imidazole rings is 1. The Balaban J connectivity index is 2.13. The maximum absolute atomic E-state index is 5.54. The van der Waals surface area contributed by atoms with Crippen LogP contribution in [0.15, 0.2) is 12.4 Å². The minimum absolute atomic E-state index is 0.696. The molecule has 1 aliphatic rings. The van der Waals surface area contributed by atoms with Crippen LogP contribution in [0, 0.1) is 0 Å². The first-order valence-electron chi connectivity index (χ1n) is 5.13. The molecule has 13 heavy (non-hydrogen) atoms. The molecule has 0 aromatic carbocycles. The first-order chi connectivity index (χ1) is 6.42. The van der Waals surface area contributed by atoms with Gasteiger partial charge in [0.15, 0.2) is 0 Å². The predicted molar refractivity (Wildman–Crippen MR) is 52.5 cm³/mol. The van der Waals surface area contributed by atoms with Crippen molar-refractivity contribution in [2.75, 3.05) is 6.54 Å². The van der Waals surface area contributed by atoms with Crippen LogP contribution in [0.4, 0.5) is 0 Å². The van der Waals surface area contributed by atoms with Crippen molar-refractivity contribution in [1.29, 1.82) is 0 Å². The van der Waals surface area contributed by atoms with E-state index in [-0.39, 0.29) is 0 Å². The van der Waals surface area contributed by atoms with Crippen LogP contribution < -0.4 is 5.73 Å². The van der Waals surface area contributed by atoms with Crippen molar-refractivity contribution in [3.8, 4) is 0 Å². The van der Waals surface area contributed by atoms with Gasteiger partial charge in [-0.05, 0) is 12.8 Å². The lowest BCUT2D eigenvalue weighted by atomic mass is 10.1. The van der Waals surface area contributed by atoms with E-state index in [1.54, 1.807) is 0 Å². The normalized spacial score (nSPS) is 18.2. The van der Waals surface area contributed by atoms with Crippen molar-refractivity contribution in [3.05, 3.63) is 18.2 Å². The second kappa shape index (κ2) is 3.92. The summed E-state index contributed by atoms with van der Waals surface area (Å²) in [7, 11) is 0. The van der Waals surface area contributed by atoms with E-state index in [9.17, 15) is 0 Å². The zero-order valence-electron chi connectivity index (χ0n) is 7.95. The first-order valence-corrected chi connectivity index (χ1v) is 5.13. The summed E-state index contributed by atoms with van der Waals surface area (Å²) in [5, 5.41) is 0. The van der Waals surface area contributed by atoms with Gasteiger partial charge in [0.05, 0.1) is 0 Å². The summed E-state index contributed by atoms with van der Waals surface area (Å²) >= 11 is 0. The molecule has 0 saturated heterocycles. The summed E-state index contributed by atoms with van der Waals surface area (Å²) < 4.78 is 2.20. The summed E-state index contributed by atoms with van der Waals surface area (Å²) in [5.74, 6) is 1.95. The van der Waals surface area contributed by atoms with Gasteiger partial charge in [-0.2, -0.15) is 0 Å². The molecule has 1 aliphatic carbocycles. The Kier molecular flexibility index (Phi) is 2.64. The van der Waals surface area contributed by atoms with Gasteiger partial charge in [-0.25, -0.2) is 4.98 Å². The Labute approximate surface area is 79.0 Å². The van der Waals surface area contributed by atoms with Crippen molar-refractivity contribution in [2.45, 2.75) is 38.1 Å². The van der Waals surface area contributed by atoms with Gasteiger partial charge in [-0.3, -0.25) is 0 Å². The zero-order valence-corrected chi connectivity index (χ0v) is 7.95. The van der Waals surface area contributed by atoms with Crippen LogP contribution in [0.2, 0.25) is 0 Å². The largest absolute Gasteiger partial charge is 0.333 e. The monoisotopic (exact) mass is 179 g/mol. The fraction of sp³-hybridized carbons (Fsp3) is 0.700. The number of nitrogens with two attached hydrogens (primary N) is 1. The topological polar surface area (TPSA) is 43.8 Å². The van der Waals surface area contributed by atoms with Crippen molar-refractivity contribution in [1.82, 2.24) is 9.55 Å². The number of hydrogen-bond donors (Lipinski definition) is 1. The fourth-order valence-corrected chi connectivity index (χ4v) is 2.19.